The maximum absolute atomic E-state index is 12.6. The van der Waals surface area contributed by atoms with Crippen molar-refractivity contribution >= 4 is 21.8 Å². The molecule has 0 aliphatic rings. The van der Waals surface area contributed by atoms with Crippen LogP contribution in [0.25, 0.3) is 21.8 Å². The highest BCUT2D eigenvalue weighted by Gasteiger charge is 2.12. The van der Waals surface area contributed by atoms with Crippen molar-refractivity contribution in [2.45, 2.75) is 13.5 Å². The van der Waals surface area contributed by atoms with Crippen LogP contribution in [0.15, 0.2) is 47.3 Å². The third-order valence-corrected chi connectivity index (χ3v) is 3.49. The third kappa shape index (κ3) is 1.62. The molecule has 0 saturated carbocycles. The molecule has 0 spiro atoms. The van der Waals surface area contributed by atoms with E-state index in [2.05, 4.69) is 11.5 Å². The second kappa shape index (κ2) is 4.43. The van der Waals surface area contributed by atoms with Gasteiger partial charge in [-0.3, -0.25) is 4.79 Å². The van der Waals surface area contributed by atoms with Crippen LogP contribution in [-0.4, -0.2) is 11.7 Å². The highest BCUT2D eigenvalue weighted by molar-refractivity contribution is 5.96. The summed E-state index contributed by atoms with van der Waals surface area (Å²) in [5.74, 6) is 0.738. The van der Waals surface area contributed by atoms with Gasteiger partial charge in [0.15, 0.2) is 5.43 Å². The van der Waals surface area contributed by atoms with Gasteiger partial charge in [-0.15, -0.1) is 0 Å². The molecule has 0 unspecified atom stereocenters. The number of hydrogen-bond acceptors (Lipinski definition) is 2. The Hall–Kier alpha value is -2.29. The van der Waals surface area contributed by atoms with E-state index in [1.807, 2.05) is 42.5 Å². The van der Waals surface area contributed by atoms with Crippen LogP contribution in [0.1, 0.15) is 6.92 Å². The van der Waals surface area contributed by atoms with E-state index in [4.69, 9.17) is 4.74 Å². The standard InChI is InChI=1S/C16H15NO2/c1-3-17-13-9-5-4-7-11(13)16(18)12-8-6-10-14(19-2)15(12)17/h4-10H,3H2,1-2H3. The first kappa shape index (κ1) is 11.8. The molecule has 3 nitrogen and oxygen atoms in total. The number of benzene rings is 2. The molecule has 96 valence electrons. The molecular weight excluding hydrogens is 238 g/mol. The number of methoxy groups -OCH3 is 1. The predicted octanol–water partition coefficient (Wildman–Crippen LogP) is 3.18. The van der Waals surface area contributed by atoms with Crippen LogP contribution in [-0.2, 0) is 6.54 Å². The van der Waals surface area contributed by atoms with Crippen molar-refractivity contribution in [1.29, 1.82) is 0 Å². The summed E-state index contributed by atoms with van der Waals surface area (Å²) in [6.07, 6.45) is 0. The maximum Gasteiger partial charge on any atom is 0.197 e. The van der Waals surface area contributed by atoms with E-state index in [1.54, 1.807) is 7.11 Å². The average molecular weight is 253 g/mol. The third-order valence-electron chi connectivity index (χ3n) is 3.49. The Balaban J connectivity index is 2.67. The highest BCUT2D eigenvalue weighted by atomic mass is 16.5. The van der Waals surface area contributed by atoms with Crippen molar-refractivity contribution in [2.24, 2.45) is 0 Å². The minimum Gasteiger partial charge on any atom is -0.495 e. The second-order valence-electron chi connectivity index (χ2n) is 4.45. The number of para-hydroxylation sites is 2. The topological polar surface area (TPSA) is 31.2 Å². The summed E-state index contributed by atoms with van der Waals surface area (Å²) in [5, 5.41) is 1.46. The Kier molecular flexibility index (Phi) is 2.75. The van der Waals surface area contributed by atoms with Crippen LogP contribution in [0, 0.1) is 0 Å². The van der Waals surface area contributed by atoms with Crippen molar-refractivity contribution in [3.8, 4) is 5.75 Å². The number of ether oxygens (including phenoxy) is 1. The number of rotatable bonds is 2. The van der Waals surface area contributed by atoms with Gasteiger partial charge in [-0.25, -0.2) is 0 Å². The fraction of sp³-hybridized carbons (Fsp3) is 0.188. The smallest absolute Gasteiger partial charge is 0.197 e. The lowest BCUT2D eigenvalue weighted by atomic mass is 10.1. The predicted molar refractivity (Wildman–Crippen MR) is 77.9 cm³/mol. The van der Waals surface area contributed by atoms with Gasteiger partial charge in [0, 0.05) is 11.9 Å². The Labute approximate surface area is 111 Å². The first-order chi connectivity index (χ1) is 9.27. The van der Waals surface area contributed by atoms with E-state index < -0.39 is 0 Å². The first-order valence-electron chi connectivity index (χ1n) is 6.36. The maximum atomic E-state index is 12.6. The number of pyridine rings is 1. The number of aromatic nitrogens is 1. The summed E-state index contributed by atoms with van der Waals surface area (Å²) in [7, 11) is 1.63. The summed E-state index contributed by atoms with van der Waals surface area (Å²) in [5.41, 5.74) is 1.89. The zero-order chi connectivity index (χ0) is 13.4. The molecule has 0 N–H and O–H groups in total. The fourth-order valence-electron chi connectivity index (χ4n) is 2.64. The lowest BCUT2D eigenvalue weighted by molar-refractivity contribution is 0.417. The minimum absolute atomic E-state index is 0.0641. The molecule has 0 aliphatic carbocycles. The molecule has 1 heterocycles. The van der Waals surface area contributed by atoms with Gasteiger partial charge in [0.2, 0.25) is 0 Å². The Morgan fingerprint density at radius 2 is 1.79 bits per heavy atom. The largest absolute Gasteiger partial charge is 0.495 e. The number of nitrogens with zero attached hydrogens (tertiary/aromatic N) is 1. The SMILES string of the molecule is CCn1c2ccccc2c(=O)c2cccc(OC)c21. The average Bonchev–Trinajstić information content (AvgIpc) is 2.47. The molecule has 0 saturated heterocycles. The first-order valence-corrected chi connectivity index (χ1v) is 6.36. The van der Waals surface area contributed by atoms with Gasteiger partial charge >= 0.3 is 0 Å². The van der Waals surface area contributed by atoms with Gasteiger partial charge in [-0.1, -0.05) is 18.2 Å². The normalized spacial score (nSPS) is 11.1. The van der Waals surface area contributed by atoms with Gasteiger partial charge < -0.3 is 9.30 Å². The number of fused-ring (bicyclic) bond motifs is 2. The summed E-state index contributed by atoms with van der Waals surface area (Å²) in [6.45, 7) is 2.86. The van der Waals surface area contributed by atoms with Crippen LogP contribution in [0.2, 0.25) is 0 Å². The van der Waals surface area contributed by atoms with Crippen molar-refractivity contribution in [3.63, 3.8) is 0 Å². The molecule has 0 aliphatic heterocycles. The molecular formula is C16H15NO2. The summed E-state index contributed by atoms with van der Waals surface area (Å²) in [6, 6.07) is 13.3. The Morgan fingerprint density at radius 1 is 1.05 bits per heavy atom. The Morgan fingerprint density at radius 3 is 2.53 bits per heavy atom. The van der Waals surface area contributed by atoms with E-state index in [1.165, 1.54) is 0 Å². The highest BCUT2D eigenvalue weighted by Crippen LogP contribution is 2.27. The summed E-state index contributed by atoms with van der Waals surface area (Å²) >= 11 is 0. The zero-order valence-electron chi connectivity index (χ0n) is 11.0. The van der Waals surface area contributed by atoms with Crippen LogP contribution in [0.4, 0.5) is 0 Å². The van der Waals surface area contributed by atoms with E-state index >= 15 is 0 Å². The Bertz CT molecular complexity index is 818. The molecule has 0 amide bonds. The summed E-state index contributed by atoms with van der Waals surface area (Å²) in [4.78, 5) is 12.6. The zero-order valence-corrected chi connectivity index (χ0v) is 11.0. The monoisotopic (exact) mass is 253 g/mol. The van der Waals surface area contributed by atoms with E-state index in [-0.39, 0.29) is 5.43 Å². The van der Waals surface area contributed by atoms with E-state index in [9.17, 15) is 4.79 Å². The van der Waals surface area contributed by atoms with Crippen molar-refractivity contribution in [2.75, 3.05) is 7.11 Å². The quantitative estimate of drug-likeness (QED) is 0.657. The van der Waals surface area contributed by atoms with Crippen LogP contribution < -0.4 is 10.2 Å². The van der Waals surface area contributed by atoms with Gasteiger partial charge in [-0.2, -0.15) is 0 Å². The number of aryl methyl sites for hydroxylation is 1. The number of hydrogen-bond donors (Lipinski definition) is 0. The second-order valence-corrected chi connectivity index (χ2v) is 4.45. The molecule has 3 rings (SSSR count). The van der Waals surface area contributed by atoms with Crippen LogP contribution >= 0.6 is 0 Å². The molecule has 3 aromatic rings. The molecule has 3 heteroatoms. The summed E-state index contributed by atoms with van der Waals surface area (Å²) < 4.78 is 7.54. The van der Waals surface area contributed by atoms with Crippen LogP contribution in [0.5, 0.6) is 5.75 Å². The molecule has 19 heavy (non-hydrogen) atoms. The van der Waals surface area contributed by atoms with Gasteiger partial charge in [0.1, 0.15) is 5.75 Å². The minimum atomic E-state index is 0.0641. The molecule has 1 aromatic heterocycles. The molecule has 0 fully saturated rings. The molecule has 0 bridgehead atoms. The van der Waals surface area contributed by atoms with Gasteiger partial charge in [0.05, 0.1) is 23.5 Å². The molecule has 0 atom stereocenters. The lowest BCUT2D eigenvalue weighted by Gasteiger charge is -2.15. The van der Waals surface area contributed by atoms with E-state index in [0.29, 0.717) is 5.39 Å². The van der Waals surface area contributed by atoms with E-state index in [0.717, 1.165) is 28.7 Å². The lowest BCUT2D eigenvalue weighted by Crippen LogP contribution is -2.11. The van der Waals surface area contributed by atoms with Crippen molar-refractivity contribution in [3.05, 3.63) is 52.7 Å². The molecule has 0 radical (unpaired) electrons. The van der Waals surface area contributed by atoms with Gasteiger partial charge in [-0.05, 0) is 31.2 Å². The van der Waals surface area contributed by atoms with Crippen molar-refractivity contribution < 1.29 is 4.74 Å². The van der Waals surface area contributed by atoms with Crippen molar-refractivity contribution in [1.82, 2.24) is 4.57 Å². The molecule has 2 aromatic carbocycles. The fourth-order valence-corrected chi connectivity index (χ4v) is 2.64. The van der Waals surface area contributed by atoms with Gasteiger partial charge in [0.25, 0.3) is 0 Å². The van der Waals surface area contributed by atoms with Crippen LogP contribution in [0.3, 0.4) is 0 Å².